The minimum atomic E-state index is 0.0238. The van der Waals surface area contributed by atoms with Gasteiger partial charge in [-0.2, -0.15) is 0 Å². The number of benzene rings is 2. The Labute approximate surface area is 149 Å². The summed E-state index contributed by atoms with van der Waals surface area (Å²) in [6.45, 7) is 3.26. The molecule has 3 rings (SSSR count). The van der Waals surface area contributed by atoms with Crippen molar-refractivity contribution in [2.45, 2.75) is 38.4 Å². The first-order chi connectivity index (χ1) is 12.2. The maximum Gasteiger partial charge on any atom is 0.234 e. The molecule has 1 atom stereocenters. The van der Waals surface area contributed by atoms with Crippen LogP contribution in [0.2, 0.25) is 0 Å². The van der Waals surface area contributed by atoms with Crippen LogP contribution in [0.15, 0.2) is 54.6 Å². The lowest BCUT2D eigenvalue weighted by atomic mass is 10.1. The molecule has 0 radical (unpaired) electrons. The monoisotopic (exact) mass is 338 g/mol. The van der Waals surface area contributed by atoms with Gasteiger partial charge in [0.05, 0.1) is 19.7 Å². The lowest BCUT2D eigenvalue weighted by molar-refractivity contribution is -0.123. The fourth-order valence-corrected chi connectivity index (χ4v) is 3.02. The van der Waals surface area contributed by atoms with Gasteiger partial charge in [-0.15, -0.1) is 0 Å². The Balaban J connectivity index is 1.56. The number of carbonyl (C=O) groups is 1. The summed E-state index contributed by atoms with van der Waals surface area (Å²) in [6.07, 6.45) is 2.36. The van der Waals surface area contributed by atoms with Crippen LogP contribution in [0.25, 0.3) is 0 Å². The van der Waals surface area contributed by atoms with Crippen molar-refractivity contribution in [2.75, 3.05) is 13.7 Å². The third kappa shape index (κ3) is 5.07. The quantitative estimate of drug-likeness (QED) is 0.800. The third-order valence-corrected chi connectivity index (χ3v) is 4.63. The maximum atomic E-state index is 12.5. The SMILES string of the molecule is COc1ccc(CN(CC(=O)N[C@@H](C)c2ccccc2)C2CC2)cc1. The number of hydrogen-bond acceptors (Lipinski definition) is 3. The Morgan fingerprint density at radius 1 is 1.16 bits per heavy atom. The molecule has 0 unspecified atom stereocenters. The summed E-state index contributed by atoms with van der Waals surface area (Å²) in [4.78, 5) is 14.8. The molecule has 132 valence electrons. The number of nitrogens with zero attached hydrogens (tertiary/aromatic N) is 1. The van der Waals surface area contributed by atoms with E-state index >= 15 is 0 Å². The van der Waals surface area contributed by atoms with E-state index in [1.807, 2.05) is 49.4 Å². The van der Waals surface area contributed by atoms with Gasteiger partial charge in [0.2, 0.25) is 5.91 Å². The largest absolute Gasteiger partial charge is 0.497 e. The number of rotatable bonds is 8. The fourth-order valence-electron chi connectivity index (χ4n) is 3.02. The molecule has 1 aliphatic rings. The first kappa shape index (κ1) is 17.5. The second kappa shape index (κ2) is 8.17. The average Bonchev–Trinajstić information content (AvgIpc) is 3.47. The Morgan fingerprint density at radius 2 is 1.84 bits per heavy atom. The van der Waals surface area contributed by atoms with E-state index in [1.54, 1.807) is 7.11 Å². The van der Waals surface area contributed by atoms with Gasteiger partial charge in [0.1, 0.15) is 5.75 Å². The van der Waals surface area contributed by atoms with Gasteiger partial charge in [0.15, 0.2) is 0 Å². The van der Waals surface area contributed by atoms with Crippen LogP contribution in [0.3, 0.4) is 0 Å². The highest BCUT2D eigenvalue weighted by Gasteiger charge is 2.30. The average molecular weight is 338 g/mol. The standard InChI is InChI=1S/C21H26N2O2/c1-16(18-6-4-3-5-7-18)22-21(24)15-23(19-10-11-19)14-17-8-12-20(25-2)13-9-17/h3-9,12-13,16,19H,10-11,14-15H2,1-2H3,(H,22,24)/t16-/m0/s1. The fraction of sp³-hybridized carbons (Fsp3) is 0.381. The Kier molecular flexibility index (Phi) is 5.71. The zero-order valence-corrected chi connectivity index (χ0v) is 14.9. The summed E-state index contributed by atoms with van der Waals surface area (Å²) in [5.74, 6) is 0.938. The van der Waals surface area contributed by atoms with Crippen molar-refractivity contribution in [3.63, 3.8) is 0 Å². The van der Waals surface area contributed by atoms with E-state index < -0.39 is 0 Å². The second-order valence-electron chi connectivity index (χ2n) is 6.68. The maximum absolute atomic E-state index is 12.5. The third-order valence-electron chi connectivity index (χ3n) is 4.63. The van der Waals surface area contributed by atoms with Crippen molar-refractivity contribution in [1.82, 2.24) is 10.2 Å². The van der Waals surface area contributed by atoms with Crippen LogP contribution < -0.4 is 10.1 Å². The van der Waals surface area contributed by atoms with E-state index in [0.717, 1.165) is 17.9 Å². The Bertz CT molecular complexity index is 681. The predicted molar refractivity (Wildman–Crippen MR) is 99.4 cm³/mol. The van der Waals surface area contributed by atoms with Crippen molar-refractivity contribution in [3.8, 4) is 5.75 Å². The highest BCUT2D eigenvalue weighted by Crippen LogP contribution is 2.28. The first-order valence-electron chi connectivity index (χ1n) is 8.87. The molecule has 1 N–H and O–H groups in total. The van der Waals surface area contributed by atoms with Gasteiger partial charge in [0.25, 0.3) is 0 Å². The number of carbonyl (C=O) groups excluding carboxylic acids is 1. The van der Waals surface area contributed by atoms with Gasteiger partial charge in [0, 0.05) is 12.6 Å². The molecule has 25 heavy (non-hydrogen) atoms. The lowest BCUT2D eigenvalue weighted by Gasteiger charge is -2.23. The topological polar surface area (TPSA) is 41.6 Å². The van der Waals surface area contributed by atoms with Crippen LogP contribution in [-0.4, -0.2) is 30.5 Å². The molecule has 0 bridgehead atoms. The van der Waals surface area contributed by atoms with E-state index in [-0.39, 0.29) is 11.9 Å². The summed E-state index contributed by atoms with van der Waals surface area (Å²) in [5.41, 5.74) is 2.33. The molecule has 0 saturated heterocycles. The van der Waals surface area contributed by atoms with Crippen molar-refractivity contribution in [2.24, 2.45) is 0 Å². The number of hydrogen-bond donors (Lipinski definition) is 1. The summed E-state index contributed by atoms with van der Waals surface area (Å²) in [7, 11) is 1.67. The predicted octanol–water partition coefficient (Wildman–Crippen LogP) is 3.54. The molecule has 0 heterocycles. The van der Waals surface area contributed by atoms with Crippen LogP contribution in [0.5, 0.6) is 5.75 Å². The smallest absolute Gasteiger partial charge is 0.234 e. The van der Waals surface area contributed by atoms with Crippen LogP contribution in [-0.2, 0) is 11.3 Å². The normalized spacial score (nSPS) is 15.0. The molecule has 1 saturated carbocycles. The first-order valence-corrected chi connectivity index (χ1v) is 8.87. The molecule has 4 heteroatoms. The zero-order valence-electron chi connectivity index (χ0n) is 14.9. The molecule has 1 fully saturated rings. The second-order valence-corrected chi connectivity index (χ2v) is 6.68. The zero-order chi connectivity index (χ0) is 17.6. The minimum Gasteiger partial charge on any atom is -0.497 e. The summed E-state index contributed by atoms with van der Waals surface area (Å²) in [6, 6.07) is 18.7. The summed E-state index contributed by atoms with van der Waals surface area (Å²) >= 11 is 0. The molecule has 2 aromatic carbocycles. The van der Waals surface area contributed by atoms with E-state index in [4.69, 9.17) is 4.74 Å². The molecular weight excluding hydrogens is 312 g/mol. The van der Waals surface area contributed by atoms with Crippen molar-refractivity contribution in [1.29, 1.82) is 0 Å². The minimum absolute atomic E-state index is 0.0238. The van der Waals surface area contributed by atoms with Crippen LogP contribution in [0, 0.1) is 0 Å². The van der Waals surface area contributed by atoms with Crippen LogP contribution in [0.4, 0.5) is 0 Å². The van der Waals surface area contributed by atoms with Crippen LogP contribution in [0.1, 0.15) is 36.9 Å². The molecule has 1 amide bonds. The van der Waals surface area contributed by atoms with Gasteiger partial charge in [-0.3, -0.25) is 9.69 Å². The lowest BCUT2D eigenvalue weighted by Crippen LogP contribution is -2.39. The van der Waals surface area contributed by atoms with Gasteiger partial charge in [-0.1, -0.05) is 42.5 Å². The number of methoxy groups -OCH3 is 1. The van der Waals surface area contributed by atoms with Gasteiger partial charge in [-0.25, -0.2) is 0 Å². The van der Waals surface area contributed by atoms with Crippen molar-refractivity contribution >= 4 is 5.91 Å². The number of ether oxygens (including phenoxy) is 1. The highest BCUT2D eigenvalue weighted by atomic mass is 16.5. The van der Waals surface area contributed by atoms with Crippen LogP contribution >= 0.6 is 0 Å². The van der Waals surface area contributed by atoms with E-state index in [1.165, 1.54) is 18.4 Å². The van der Waals surface area contributed by atoms with Gasteiger partial charge < -0.3 is 10.1 Å². The molecular formula is C21H26N2O2. The van der Waals surface area contributed by atoms with E-state index in [9.17, 15) is 4.79 Å². The number of amides is 1. The molecule has 0 aliphatic heterocycles. The Hall–Kier alpha value is -2.33. The molecule has 0 spiro atoms. The van der Waals surface area contributed by atoms with Gasteiger partial charge >= 0.3 is 0 Å². The summed E-state index contributed by atoms with van der Waals surface area (Å²) in [5, 5.41) is 3.11. The molecule has 4 nitrogen and oxygen atoms in total. The highest BCUT2D eigenvalue weighted by molar-refractivity contribution is 5.78. The van der Waals surface area contributed by atoms with Crippen molar-refractivity contribution < 1.29 is 9.53 Å². The Morgan fingerprint density at radius 3 is 2.44 bits per heavy atom. The molecule has 0 aromatic heterocycles. The molecule has 1 aliphatic carbocycles. The van der Waals surface area contributed by atoms with Gasteiger partial charge in [-0.05, 0) is 43.0 Å². The van der Waals surface area contributed by atoms with Crippen molar-refractivity contribution in [3.05, 3.63) is 65.7 Å². The van der Waals surface area contributed by atoms with E-state index in [2.05, 4.69) is 22.3 Å². The van der Waals surface area contributed by atoms with E-state index in [0.29, 0.717) is 12.6 Å². The number of nitrogens with one attached hydrogen (secondary N) is 1. The molecule has 2 aromatic rings. The summed E-state index contributed by atoms with van der Waals surface area (Å²) < 4.78 is 5.21.